The van der Waals surface area contributed by atoms with Crippen molar-refractivity contribution in [3.05, 3.63) is 29.8 Å². The molecule has 1 aliphatic rings. The van der Waals surface area contributed by atoms with E-state index in [0.717, 1.165) is 25.2 Å². The van der Waals surface area contributed by atoms with E-state index in [1.54, 1.807) is 0 Å². The Hall–Kier alpha value is -1.03. The molecule has 4 heteroatoms. The van der Waals surface area contributed by atoms with Crippen molar-refractivity contribution in [2.45, 2.75) is 70.5 Å². The third-order valence-corrected chi connectivity index (χ3v) is 8.66. The van der Waals surface area contributed by atoms with Crippen LogP contribution >= 0.6 is 0 Å². The quantitative estimate of drug-likeness (QED) is 0.662. The molecule has 1 aromatic carbocycles. The van der Waals surface area contributed by atoms with Crippen LogP contribution in [-0.2, 0) is 16.3 Å². The maximum Gasteiger partial charge on any atom is 0.155 e. The number of aryl methyl sites for hydroxylation is 1. The smallest absolute Gasteiger partial charge is 0.155 e. The molecule has 148 valence electrons. The van der Waals surface area contributed by atoms with Gasteiger partial charge in [0.15, 0.2) is 9.84 Å². The molecule has 0 amide bonds. The van der Waals surface area contributed by atoms with Crippen LogP contribution in [0.3, 0.4) is 0 Å². The normalized spacial score (nSPS) is 21.6. The van der Waals surface area contributed by atoms with Crippen molar-refractivity contribution < 1.29 is 8.42 Å². The number of hydrogen-bond donors (Lipinski definition) is 0. The van der Waals surface area contributed by atoms with Crippen molar-refractivity contribution in [2.24, 2.45) is 11.8 Å². The Balaban J connectivity index is 1.71. The summed E-state index contributed by atoms with van der Waals surface area (Å²) in [5, 5.41) is 0. The maximum atomic E-state index is 12.4. The van der Waals surface area contributed by atoms with Gasteiger partial charge in [0.25, 0.3) is 0 Å². The molecule has 3 nitrogen and oxygen atoms in total. The van der Waals surface area contributed by atoms with Gasteiger partial charge in [-0.3, -0.25) is 0 Å². The molecular formula is C22H37NO2S. The van der Waals surface area contributed by atoms with E-state index in [2.05, 4.69) is 43.3 Å². The Kier molecular flexibility index (Phi) is 7.18. The summed E-state index contributed by atoms with van der Waals surface area (Å²) >= 11 is 0. The lowest BCUT2D eigenvalue weighted by molar-refractivity contribution is 0.274. The van der Waals surface area contributed by atoms with Gasteiger partial charge in [0.1, 0.15) is 0 Å². The standard InChI is InChI=1S/C22H37NO2S/c1-22(2,3)26(24,25)17-20-11-9-18(10-12-20)7-6-8-19-13-15-21(16-14-19)23(4)5/h13-16,18,20H,6-12,17H2,1-5H3. The van der Waals surface area contributed by atoms with Gasteiger partial charge >= 0.3 is 0 Å². The number of anilines is 1. The number of nitrogens with zero attached hydrogens (tertiary/aromatic N) is 1. The molecular weight excluding hydrogens is 342 g/mol. The van der Waals surface area contributed by atoms with Gasteiger partial charge in [0.2, 0.25) is 0 Å². The first-order chi connectivity index (χ1) is 12.1. The zero-order chi connectivity index (χ0) is 19.4. The molecule has 0 unspecified atom stereocenters. The van der Waals surface area contributed by atoms with Crippen molar-refractivity contribution >= 4 is 15.5 Å². The second kappa shape index (κ2) is 8.77. The molecule has 1 fully saturated rings. The van der Waals surface area contributed by atoms with Crippen molar-refractivity contribution in [3.8, 4) is 0 Å². The van der Waals surface area contributed by atoms with Crippen molar-refractivity contribution in [1.82, 2.24) is 0 Å². The minimum atomic E-state index is -2.98. The monoisotopic (exact) mass is 379 g/mol. The van der Waals surface area contributed by atoms with Gasteiger partial charge in [-0.25, -0.2) is 8.42 Å². The van der Waals surface area contributed by atoms with Crippen LogP contribution < -0.4 is 4.90 Å². The van der Waals surface area contributed by atoms with Crippen LogP contribution in [0.15, 0.2) is 24.3 Å². The van der Waals surface area contributed by atoms with Gasteiger partial charge in [0.05, 0.1) is 10.5 Å². The summed E-state index contributed by atoms with van der Waals surface area (Å²) in [7, 11) is 1.15. The van der Waals surface area contributed by atoms with Crippen molar-refractivity contribution in [2.75, 3.05) is 24.7 Å². The van der Waals surface area contributed by atoms with Crippen LogP contribution in [0.5, 0.6) is 0 Å². The molecule has 0 bridgehead atoms. The third-order valence-electron chi connectivity index (χ3n) is 5.89. The van der Waals surface area contributed by atoms with E-state index in [9.17, 15) is 8.42 Å². The van der Waals surface area contributed by atoms with Gasteiger partial charge in [-0.05, 0) is 76.0 Å². The summed E-state index contributed by atoms with van der Waals surface area (Å²) in [5.41, 5.74) is 2.66. The third kappa shape index (κ3) is 6.00. The first-order valence-electron chi connectivity index (χ1n) is 10.1. The zero-order valence-corrected chi connectivity index (χ0v) is 18.1. The van der Waals surface area contributed by atoms with E-state index >= 15 is 0 Å². The Bertz CT molecular complexity index is 648. The van der Waals surface area contributed by atoms with E-state index in [0.29, 0.717) is 11.7 Å². The molecule has 0 saturated heterocycles. The lowest BCUT2D eigenvalue weighted by Gasteiger charge is -2.30. The topological polar surface area (TPSA) is 37.4 Å². The molecule has 0 aromatic heterocycles. The van der Waals surface area contributed by atoms with E-state index < -0.39 is 14.6 Å². The fraction of sp³-hybridized carbons (Fsp3) is 0.727. The number of benzene rings is 1. The first kappa shape index (κ1) is 21.3. The molecule has 0 aliphatic heterocycles. The average molecular weight is 380 g/mol. The molecule has 26 heavy (non-hydrogen) atoms. The molecule has 0 spiro atoms. The maximum absolute atomic E-state index is 12.4. The number of rotatable bonds is 7. The van der Waals surface area contributed by atoms with Crippen LogP contribution in [0.1, 0.15) is 64.9 Å². The summed E-state index contributed by atoms with van der Waals surface area (Å²) in [6.45, 7) is 5.46. The number of sulfone groups is 1. The Morgan fingerprint density at radius 2 is 1.50 bits per heavy atom. The van der Waals surface area contributed by atoms with Gasteiger partial charge in [0, 0.05) is 19.8 Å². The lowest BCUT2D eigenvalue weighted by Crippen LogP contribution is -2.34. The lowest BCUT2D eigenvalue weighted by atomic mass is 9.80. The predicted molar refractivity (Wildman–Crippen MR) is 113 cm³/mol. The molecule has 0 N–H and O–H groups in total. The highest BCUT2D eigenvalue weighted by molar-refractivity contribution is 7.92. The first-order valence-corrected chi connectivity index (χ1v) is 11.7. The molecule has 1 saturated carbocycles. The van der Waals surface area contributed by atoms with Gasteiger partial charge in [-0.2, -0.15) is 0 Å². The fourth-order valence-electron chi connectivity index (χ4n) is 3.80. The van der Waals surface area contributed by atoms with Crippen LogP contribution in [-0.4, -0.2) is 33.0 Å². The second-order valence-electron chi connectivity index (χ2n) is 9.23. The summed E-state index contributed by atoms with van der Waals surface area (Å²) in [6, 6.07) is 8.86. The summed E-state index contributed by atoms with van der Waals surface area (Å²) in [6.07, 6.45) is 8.21. The highest BCUT2D eigenvalue weighted by Gasteiger charge is 2.33. The molecule has 0 atom stereocenters. The molecule has 1 aliphatic carbocycles. The van der Waals surface area contributed by atoms with Gasteiger partial charge < -0.3 is 4.90 Å². The Morgan fingerprint density at radius 1 is 0.962 bits per heavy atom. The van der Waals surface area contributed by atoms with Crippen molar-refractivity contribution in [3.63, 3.8) is 0 Å². The van der Waals surface area contributed by atoms with Crippen LogP contribution in [0.4, 0.5) is 5.69 Å². The molecule has 2 rings (SSSR count). The number of hydrogen-bond acceptors (Lipinski definition) is 3. The fourth-order valence-corrected chi connectivity index (χ4v) is 5.26. The minimum Gasteiger partial charge on any atom is -0.378 e. The van der Waals surface area contributed by atoms with Crippen LogP contribution in [0, 0.1) is 11.8 Å². The van der Waals surface area contributed by atoms with Gasteiger partial charge in [-0.15, -0.1) is 0 Å². The Labute approximate surface area is 161 Å². The molecule has 0 radical (unpaired) electrons. The summed E-state index contributed by atoms with van der Waals surface area (Å²) in [5.74, 6) is 1.53. The predicted octanol–water partition coefficient (Wildman–Crippen LogP) is 5.10. The zero-order valence-electron chi connectivity index (χ0n) is 17.3. The SMILES string of the molecule is CN(C)c1ccc(CCCC2CCC(CS(=O)(=O)C(C)(C)C)CC2)cc1. The molecule has 0 heterocycles. The Morgan fingerprint density at radius 3 is 2.00 bits per heavy atom. The highest BCUT2D eigenvalue weighted by Crippen LogP contribution is 2.34. The van der Waals surface area contributed by atoms with Crippen molar-refractivity contribution in [1.29, 1.82) is 0 Å². The van der Waals surface area contributed by atoms with Crippen LogP contribution in [0.2, 0.25) is 0 Å². The highest BCUT2D eigenvalue weighted by atomic mass is 32.2. The van der Waals surface area contributed by atoms with E-state index in [-0.39, 0.29) is 0 Å². The van der Waals surface area contributed by atoms with E-state index in [1.807, 2.05) is 20.8 Å². The van der Waals surface area contributed by atoms with E-state index in [1.165, 1.54) is 36.9 Å². The minimum absolute atomic E-state index is 0.369. The van der Waals surface area contributed by atoms with E-state index in [4.69, 9.17) is 0 Å². The average Bonchev–Trinajstić information content (AvgIpc) is 2.55. The summed E-state index contributed by atoms with van der Waals surface area (Å²) in [4.78, 5) is 2.13. The van der Waals surface area contributed by atoms with Crippen LogP contribution in [0.25, 0.3) is 0 Å². The summed E-state index contributed by atoms with van der Waals surface area (Å²) < 4.78 is 24.2. The largest absolute Gasteiger partial charge is 0.378 e. The van der Waals surface area contributed by atoms with Gasteiger partial charge in [-0.1, -0.05) is 31.4 Å². The molecule has 1 aromatic rings. The second-order valence-corrected chi connectivity index (χ2v) is 12.0.